The number of carbonyl (C=O) groups excluding carboxylic acids is 1. The van der Waals surface area contributed by atoms with Crippen LogP contribution in [0.1, 0.15) is 30.1 Å². The van der Waals surface area contributed by atoms with Gasteiger partial charge in [0.2, 0.25) is 0 Å². The minimum absolute atomic E-state index is 0.0681. The van der Waals surface area contributed by atoms with Crippen LogP contribution in [0, 0.1) is 13.8 Å². The minimum atomic E-state index is -0.178. The highest BCUT2D eigenvalue weighted by Crippen LogP contribution is 2.18. The lowest BCUT2D eigenvalue weighted by Gasteiger charge is -2.19. The molecule has 2 amide bonds. The van der Waals surface area contributed by atoms with Gasteiger partial charge in [-0.05, 0) is 39.0 Å². The summed E-state index contributed by atoms with van der Waals surface area (Å²) in [6, 6.07) is 7.48. The third kappa shape index (κ3) is 4.52. The molecule has 8 nitrogen and oxygen atoms in total. The predicted octanol–water partition coefficient (Wildman–Crippen LogP) is 2.95. The van der Waals surface area contributed by atoms with Gasteiger partial charge in [-0.15, -0.1) is 0 Å². The van der Waals surface area contributed by atoms with Crippen molar-refractivity contribution in [1.29, 1.82) is 0 Å². The first-order valence-corrected chi connectivity index (χ1v) is 8.81. The van der Waals surface area contributed by atoms with Crippen LogP contribution in [0.25, 0.3) is 11.3 Å². The molecule has 0 aliphatic carbocycles. The zero-order valence-electron chi connectivity index (χ0n) is 16.0. The van der Waals surface area contributed by atoms with Crippen LogP contribution in [0.3, 0.4) is 0 Å². The second-order valence-electron chi connectivity index (χ2n) is 6.68. The monoisotopic (exact) mass is 368 g/mol. The number of amides is 2. The Bertz CT molecular complexity index is 902. The van der Waals surface area contributed by atoms with E-state index in [2.05, 4.69) is 20.6 Å². The molecule has 0 spiro atoms. The van der Waals surface area contributed by atoms with Crippen LogP contribution < -0.4 is 5.32 Å². The van der Waals surface area contributed by atoms with E-state index in [1.807, 2.05) is 49.7 Å². The number of nitrogens with one attached hydrogen (secondary N) is 1. The van der Waals surface area contributed by atoms with Crippen LogP contribution in [0.5, 0.6) is 0 Å². The molecule has 3 aromatic heterocycles. The van der Waals surface area contributed by atoms with Gasteiger partial charge >= 0.3 is 6.03 Å². The van der Waals surface area contributed by atoms with E-state index < -0.39 is 0 Å². The Morgan fingerprint density at radius 2 is 2.19 bits per heavy atom. The molecule has 1 atom stereocenters. The fourth-order valence-electron chi connectivity index (χ4n) is 2.89. The van der Waals surface area contributed by atoms with Crippen LogP contribution >= 0.6 is 0 Å². The van der Waals surface area contributed by atoms with E-state index in [0.717, 1.165) is 17.0 Å². The van der Waals surface area contributed by atoms with E-state index >= 15 is 0 Å². The SMILES string of the molecule is Cc1cc(C)n([C@@H](C)CNC(=O)N(C)Cc2cc(-c3cccnc3)no2)n1. The van der Waals surface area contributed by atoms with Gasteiger partial charge in [-0.2, -0.15) is 5.10 Å². The van der Waals surface area contributed by atoms with Crippen molar-refractivity contribution in [1.82, 2.24) is 30.1 Å². The first-order valence-electron chi connectivity index (χ1n) is 8.81. The van der Waals surface area contributed by atoms with Crippen molar-refractivity contribution >= 4 is 6.03 Å². The molecule has 0 radical (unpaired) electrons. The number of aromatic nitrogens is 4. The average molecular weight is 368 g/mol. The van der Waals surface area contributed by atoms with Gasteiger partial charge in [0.15, 0.2) is 5.76 Å². The van der Waals surface area contributed by atoms with E-state index in [9.17, 15) is 4.79 Å². The fraction of sp³-hybridized carbons (Fsp3) is 0.368. The number of pyridine rings is 1. The molecule has 1 N–H and O–H groups in total. The second kappa shape index (κ2) is 8.03. The number of hydrogen-bond acceptors (Lipinski definition) is 5. The minimum Gasteiger partial charge on any atom is -0.359 e. The summed E-state index contributed by atoms with van der Waals surface area (Å²) in [5.41, 5.74) is 3.62. The summed E-state index contributed by atoms with van der Waals surface area (Å²) >= 11 is 0. The van der Waals surface area contributed by atoms with E-state index in [0.29, 0.717) is 24.5 Å². The zero-order valence-corrected chi connectivity index (χ0v) is 16.0. The number of aryl methyl sites for hydroxylation is 2. The quantitative estimate of drug-likeness (QED) is 0.722. The summed E-state index contributed by atoms with van der Waals surface area (Å²) in [4.78, 5) is 18.0. The lowest BCUT2D eigenvalue weighted by atomic mass is 10.2. The molecule has 0 unspecified atom stereocenters. The highest BCUT2D eigenvalue weighted by molar-refractivity contribution is 5.73. The van der Waals surface area contributed by atoms with Gasteiger partial charge in [0, 0.05) is 43.3 Å². The summed E-state index contributed by atoms with van der Waals surface area (Å²) in [6.07, 6.45) is 3.42. The lowest BCUT2D eigenvalue weighted by molar-refractivity contribution is 0.199. The van der Waals surface area contributed by atoms with Crippen LogP contribution in [-0.2, 0) is 6.54 Å². The van der Waals surface area contributed by atoms with Gasteiger partial charge in [0.05, 0.1) is 18.3 Å². The summed E-state index contributed by atoms with van der Waals surface area (Å²) in [7, 11) is 1.72. The Hall–Kier alpha value is -3.16. The molecular weight excluding hydrogens is 344 g/mol. The normalized spacial score (nSPS) is 12.0. The highest BCUT2D eigenvalue weighted by atomic mass is 16.5. The molecule has 3 aromatic rings. The van der Waals surface area contributed by atoms with Crippen molar-refractivity contribution < 1.29 is 9.32 Å². The Morgan fingerprint density at radius 3 is 2.85 bits per heavy atom. The molecule has 0 bridgehead atoms. The maximum atomic E-state index is 12.4. The van der Waals surface area contributed by atoms with E-state index in [-0.39, 0.29) is 12.1 Å². The smallest absolute Gasteiger partial charge is 0.317 e. The zero-order chi connectivity index (χ0) is 19.4. The van der Waals surface area contributed by atoms with Gasteiger partial charge in [0.1, 0.15) is 5.69 Å². The van der Waals surface area contributed by atoms with Gasteiger partial charge in [-0.25, -0.2) is 4.79 Å². The molecule has 3 rings (SSSR count). The molecule has 0 aliphatic rings. The molecule has 0 fully saturated rings. The number of carbonyl (C=O) groups is 1. The third-order valence-corrected chi connectivity index (χ3v) is 4.27. The second-order valence-corrected chi connectivity index (χ2v) is 6.68. The number of urea groups is 1. The Kier molecular flexibility index (Phi) is 5.54. The van der Waals surface area contributed by atoms with Crippen molar-refractivity contribution in [2.24, 2.45) is 0 Å². The van der Waals surface area contributed by atoms with Crippen molar-refractivity contribution in [3.8, 4) is 11.3 Å². The summed E-state index contributed by atoms with van der Waals surface area (Å²) in [5.74, 6) is 0.609. The third-order valence-electron chi connectivity index (χ3n) is 4.27. The maximum Gasteiger partial charge on any atom is 0.317 e. The van der Waals surface area contributed by atoms with E-state index in [4.69, 9.17) is 4.52 Å². The number of rotatable bonds is 6. The van der Waals surface area contributed by atoms with Crippen LogP contribution in [0.2, 0.25) is 0 Å². The van der Waals surface area contributed by atoms with Crippen molar-refractivity contribution in [3.05, 3.63) is 53.8 Å². The Labute approximate surface area is 158 Å². The molecule has 27 heavy (non-hydrogen) atoms. The summed E-state index contributed by atoms with van der Waals surface area (Å²) in [6.45, 7) is 6.81. The standard InChI is InChI=1S/C19H24N6O2/c1-13-8-14(2)25(22-13)15(3)10-21-19(26)24(4)12-17-9-18(23-27-17)16-6-5-7-20-11-16/h5-9,11,15H,10,12H2,1-4H3,(H,21,26)/t15-/m0/s1. The van der Waals surface area contributed by atoms with Gasteiger partial charge in [-0.1, -0.05) is 5.16 Å². The Balaban J connectivity index is 1.53. The lowest BCUT2D eigenvalue weighted by Crippen LogP contribution is -2.39. The molecule has 0 saturated heterocycles. The van der Waals surface area contributed by atoms with E-state index in [1.54, 1.807) is 24.3 Å². The molecule has 8 heteroatoms. The number of hydrogen-bond donors (Lipinski definition) is 1. The first kappa shape index (κ1) is 18.6. The van der Waals surface area contributed by atoms with Gasteiger partial charge in [-0.3, -0.25) is 9.67 Å². The van der Waals surface area contributed by atoms with Crippen molar-refractivity contribution in [3.63, 3.8) is 0 Å². The molecule has 0 saturated carbocycles. The van der Waals surface area contributed by atoms with Crippen LogP contribution in [-0.4, -0.2) is 44.4 Å². The van der Waals surface area contributed by atoms with Crippen LogP contribution in [0.4, 0.5) is 4.79 Å². The molecule has 0 aliphatic heterocycles. The average Bonchev–Trinajstić information content (AvgIpc) is 3.26. The molecule has 3 heterocycles. The topological polar surface area (TPSA) is 89.1 Å². The molecular formula is C19H24N6O2. The maximum absolute atomic E-state index is 12.4. The summed E-state index contributed by atoms with van der Waals surface area (Å²) in [5, 5.41) is 11.4. The van der Waals surface area contributed by atoms with Crippen molar-refractivity contribution in [2.75, 3.05) is 13.6 Å². The van der Waals surface area contributed by atoms with Crippen LogP contribution in [0.15, 0.2) is 41.2 Å². The molecule has 142 valence electrons. The van der Waals surface area contributed by atoms with Gasteiger partial charge < -0.3 is 14.7 Å². The van der Waals surface area contributed by atoms with Gasteiger partial charge in [0.25, 0.3) is 0 Å². The number of nitrogens with zero attached hydrogens (tertiary/aromatic N) is 5. The molecule has 0 aromatic carbocycles. The van der Waals surface area contributed by atoms with E-state index in [1.165, 1.54) is 0 Å². The predicted molar refractivity (Wildman–Crippen MR) is 101 cm³/mol. The summed E-state index contributed by atoms with van der Waals surface area (Å²) < 4.78 is 7.26. The Morgan fingerprint density at radius 1 is 1.37 bits per heavy atom. The van der Waals surface area contributed by atoms with Crippen molar-refractivity contribution in [2.45, 2.75) is 33.4 Å². The largest absolute Gasteiger partial charge is 0.359 e. The highest BCUT2D eigenvalue weighted by Gasteiger charge is 2.15. The fourth-order valence-corrected chi connectivity index (χ4v) is 2.89. The first-order chi connectivity index (χ1) is 12.9.